The van der Waals surface area contributed by atoms with Gasteiger partial charge in [0, 0.05) is 18.9 Å². The van der Waals surface area contributed by atoms with Crippen molar-refractivity contribution in [1.82, 2.24) is 5.01 Å². The number of benzene rings is 2. The Hall–Kier alpha value is -2.82. The monoisotopic (exact) mass is 338 g/mol. The molecule has 130 valence electrons. The molecule has 25 heavy (non-hydrogen) atoms. The molecule has 0 fully saturated rings. The molecule has 0 saturated heterocycles. The maximum absolute atomic E-state index is 12.1. The number of carbonyl (C=O) groups excluding carboxylic acids is 1. The van der Waals surface area contributed by atoms with Gasteiger partial charge in [0.2, 0.25) is 5.91 Å². The van der Waals surface area contributed by atoms with Gasteiger partial charge in [-0.25, -0.2) is 5.01 Å². The van der Waals surface area contributed by atoms with E-state index in [1.54, 1.807) is 26.2 Å². The summed E-state index contributed by atoms with van der Waals surface area (Å²) in [6, 6.07) is 13.7. The number of amides is 1. The summed E-state index contributed by atoms with van der Waals surface area (Å²) in [7, 11) is 3.29. The fourth-order valence-electron chi connectivity index (χ4n) is 3.06. The van der Waals surface area contributed by atoms with E-state index in [4.69, 9.17) is 9.47 Å². The second kappa shape index (κ2) is 6.97. The maximum Gasteiger partial charge on any atom is 0.240 e. The zero-order chi connectivity index (χ0) is 18.0. The number of methoxy groups -OCH3 is 2. The average molecular weight is 338 g/mol. The molecule has 0 radical (unpaired) electrons. The highest BCUT2D eigenvalue weighted by Gasteiger charge is 2.31. The molecule has 1 amide bonds. The highest BCUT2D eigenvalue weighted by Crippen LogP contribution is 2.34. The van der Waals surface area contributed by atoms with Gasteiger partial charge in [0.05, 0.1) is 26.0 Å². The number of carbonyl (C=O) groups is 1. The Bertz CT molecular complexity index is 812. The van der Waals surface area contributed by atoms with Gasteiger partial charge in [0.15, 0.2) is 0 Å². The Morgan fingerprint density at radius 2 is 1.84 bits per heavy atom. The van der Waals surface area contributed by atoms with Gasteiger partial charge < -0.3 is 9.47 Å². The van der Waals surface area contributed by atoms with E-state index in [0.29, 0.717) is 6.42 Å². The molecular weight excluding hydrogens is 316 g/mol. The minimum atomic E-state index is -0.106. The van der Waals surface area contributed by atoms with Gasteiger partial charge in [0.1, 0.15) is 11.5 Å². The van der Waals surface area contributed by atoms with Crippen molar-refractivity contribution in [2.75, 3.05) is 14.2 Å². The van der Waals surface area contributed by atoms with Crippen LogP contribution in [0.1, 0.15) is 36.1 Å². The van der Waals surface area contributed by atoms with Gasteiger partial charge in [-0.05, 0) is 36.2 Å². The van der Waals surface area contributed by atoms with Gasteiger partial charge in [-0.1, -0.05) is 24.3 Å². The number of aryl methyl sites for hydroxylation is 1. The molecule has 0 aliphatic carbocycles. The van der Waals surface area contributed by atoms with E-state index in [2.05, 4.69) is 5.10 Å². The number of ether oxygens (including phenoxy) is 2. The molecule has 0 aromatic heterocycles. The third kappa shape index (κ3) is 3.36. The largest absolute Gasteiger partial charge is 0.497 e. The van der Waals surface area contributed by atoms with Gasteiger partial charge in [-0.2, -0.15) is 5.10 Å². The lowest BCUT2D eigenvalue weighted by Crippen LogP contribution is -2.24. The third-order valence-electron chi connectivity index (χ3n) is 4.47. The normalized spacial score (nSPS) is 16.6. The van der Waals surface area contributed by atoms with Gasteiger partial charge in [-0.3, -0.25) is 4.79 Å². The molecule has 2 aromatic carbocycles. The lowest BCUT2D eigenvalue weighted by molar-refractivity contribution is -0.130. The molecule has 0 spiro atoms. The lowest BCUT2D eigenvalue weighted by Gasteiger charge is -2.20. The molecule has 5 heteroatoms. The summed E-state index contributed by atoms with van der Waals surface area (Å²) >= 11 is 0. The van der Waals surface area contributed by atoms with Crippen molar-refractivity contribution in [2.45, 2.75) is 26.3 Å². The predicted octanol–water partition coefficient (Wildman–Crippen LogP) is 3.71. The van der Waals surface area contributed by atoms with Crippen LogP contribution in [-0.4, -0.2) is 30.8 Å². The van der Waals surface area contributed by atoms with Crippen LogP contribution < -0.4 is 9.47 Å². The summed E-state index contributed by atoms with van der Waals surface area (Å²) in [5.41, 5.74) is 3.97. The van der Waals surface area contributed by atoms with E-state index in [1.807, 2.05) is 49.4 Å². The van der Waals surface area contributed by atoms with Crippen LogP contribution in [0.5, 0.6) is 11.5 Å². The number of hydrogen-bond acceptors (Lipinski definition) is 4. The SMILES string of the molecule is COc1ccc(C2CC(c3ccc(C)c(OC)c3)=NN2C(C)=O)cc1. The van der Waals surface area contributed by atoms with Crippen molar-refractivity contribution >= 4 is 11.6 Å². The van der Waals surface area contributed by atoms with E-state index in [-0.39, 0.29) is 11.9 Å². The molecule has 1 atom stereocenters. The minimum absolute atomic E-state index is 0.0742. The summed E-state index contributed by atoms with van der Waals surface area (Å²) in [6.07, 6.45) is 0.665. The molecule has 0 N–H and O–H groups in total. The fourth-order valence-corrected chi connectivity index (χ4v) is 3.06. The molecule has 3 rings (SSSR count). The van der Waals surface area contributed by atoms with E-state index in [0.717, 1.165) is 33.9 Å². The quantitative estimate of drug-likeness (QED) is 0.854. The molecule has 0 saturated carbocycles. The molecule has 2 aromatic rings. The first-order chi connectivity index (χ1) is 12.0. The average Bonchev–Trinajstić information content (AvgIpc) is 3.08. The van der Waals surface area contributed by atoms with Crippen molar-refractivity contribution < 1.29 is 14.3 Å². The topological polar surface area (TPSA) is 51.1 Å². The molecule has 1 heterocycles. The summed E-state index contributed by atoms with van der Waals surface area (Å²) in [5.74, 6) is 1.54. The molecule has 5 nitrogen and oxygen atoms in total. The van der Waals surface area contributed by atoms with Crippen molar-refractivity contribution in [1.29, 1.82) is 0 Å². The highest BCUT2D eigenvalue weighted by atomic mass is 16.5. The van der Waals surface area contributed by atoms with Crippen LogP contribution in [0.3, 0.4) is 0 Å². The van der Waals surface area contributed by atoms with Gasteiger partial charge in [-0.15, -0.1) is 0 Å². The van der Waals surface area contributed by atoms with Crippen molar-refractivity contribution in [3.8, 4) is 11.5 Å². The first-order valence-corrected chi connectivity index (χ1v) is 8.19. The van der Waals surface area contributed by atoms with Crippen LogP contribution in [0.15, 0.2) is 47.6 Å². The summed E-state index contributed by atoms with van der Waals surface area (Å²) in [4.78, 5) is 12.1. The minimum Gasteiger partial charge on any atom is -0.497 e. The molecular formula is C20H22N2O3. The Morgan fingerprint density at radius 1 is 1.12 bits per heavy atom. The Kier molecular flexibility index (Phi) is 4.74. The van der Waals surface area contributed by atoms with Crippen LogP contribution >= 0.6 is 0 Å². The van der Waals surface area contributed by atoms with Crippen LogP contribution in [0.4, 0.5) is 0 Å². The first kappa shape index (κ1) is 17.0. The lowest BCUT2D eigenvalue weighted by atomic mass is 9.97. The van der Waals surface area contributed by atoms with Crippen LogP contribution in [0.2, 0.25) is 0 Å². The number of rotatable bonds is 4. The predicted molar refractivity (Wildman–Crippen MR) is 97.1 cm³/mol. The van der Waals surface area contributed by atoms with E-state index in [9.17, 15) is 4.79 Å². The molecule has 1 aliphatic rings. The van der Waals surface area contributed by atoms with Crippen molar-refractivity contribution in [3.63, 3.8) is 0 Å². The number of nitrogens with zero attached hydrogens (tertiary/aromatic N) is 2. The van der Waals surface area contributed by atoms with E-state index in [1.165, 1.54) is 0 Å². The van der Waals surface area contributed by atoms with E-state index >= 15 is 0 Å². The maximum atomic E-state index is 12.1. The smallest absolute Gasteiger partial charge is 0.240 e. The first-order valence-electron chi connectivity index (χ1n) is 8.19. The summed E-state index contributed by atoms with van der Waals surface area (Å²) in [6.45, 7) is 3.54. The zero-order valence-corrected chi connectivity index (χ0v) is 14.9. The molecule has 1 unspecified atom stereocenters. The second-order valence-electron chi connectivity index (χ2n) is 6.09. The van der Waals surface area contributed by atoms with Crippen molar-refractivity contribution in [2.24, 2.45) is 5.10 Å². The summed E-state index contributed by atoms with van der Waals surface area (Å²) in [5, 5.41) is 6.14. The second-order valence-corrected chi connectivity index (χ2v) is 6.09. The van der Waals surface area contributed by atoms with Crippen LogP contribution in [0.25, 0.3) is 0 Å². The Morgan fingerprint density at radius 3 is 2.44 bits per heavy atom. The highest BCUT2D eigenvalue weighted by molar-refractivity contribution is 6.03. The van der Waals surface area contributed by atoms with Crippen LogP contribution in [-0.2, 0) is 4.79 Å². The van der Waals surface area contributed by atoms with Gasteiger partial charge >= 0.3 is 0 Å². The van der Waals surface area contributed by atoms with E-state index < -0.39 is 0 Å². The molecule has 1 aliphatic heterocycles. The zero-order valence-electron chi connectivity index (χ0n) is 14.9. The summed E-state index contributed by atoms with van der Waals surface area (Å²) < 4.78 is 10.6. The third-order valence-corrected chi connectivity index (χ3v) is 4.47. The standard InChI is InChI=1S/C20H22N2O3/c1-13-5-6-16(11-20(13)25-4)18-12-19(22(21-18)14(2)23)15-7-9-17(24-3)10-8-15/h5-11,19H,12H2,1-4H3. The van der Waals surface area contributed by atoms with Crippen molar-refractivity contribution in [3.05, 3.63) is 59.2 Å². The fraction of sp³-hybridized carbons (Fsp3) is 0.300. The number of hydrazone groups is 1. The molecule has 0 bridgehead atoms. The van der Waals surface area contributed by atoms with Crippen LogP contribution in [0, 0.1) is 6.92 Å². The Labute approximate surface area is 147 Å². The Balaban J connectivity index is 1.92. The van der Waals surface area contributed by atoms with Gasteiger partial charge in [0.25, 0.3) is 0 Å². The number of hydrogen-bond donors (Lipinski definition) is 0.